The molecule has 0 aromatic carbocycles. The molecule has 2 aromatic heterocycles. The monoisotopic (exact) mass is 269 g/mol. The van der Waals surface area contributed by atoms with Crippen LogP contribution in [0.4, 0.5) is 5.13 Å². The summed E-state index contributed by atoms with van der Waals surface area (Å²) >= 11 is 3.26. The Balaban J connectivity index is 1.90. The van der Waals surface area contributed by atoms with Crippen LogP contribution >= 0.6 is 22.7 Å². The SMILES string of the molecule is Cc1nc(CN(C)Cc2cnc(NN)s2)cs1. The molecular formula is C10H15N5S2. The number of aryl methyl sites for hydroxylation is 1. The maximum atomic E-state index is 5.30. The number of nitrogens with zero attached hydrogens (tertiary/aromatic N) is 3. The largest absolute Gasteiger partial charge is 0.300 e. The summed E-state index contributed by atoms with van der Waals surface area (Å²) in [6.45, 7) is 3.74. The number of rotatable bonds is 5. The van der Waals surface area contributed by atoms with Crippen molar-refractivity contribution in [1.29, 1.82) is 0 Å². The van der Waals surface area contributed by atoms with Crippen molar-refractivity contribution in [2.75, 3.05) is 12.5 Å². The molecule has 92 valence electrons. The lowest BCUT2D eigenvalue weighted by Gasteiger charge is -2.13. The quantitative estimate of drug-likeness (QED) is 0.640. The van der Waals surface area contributed by atoms with Crippen LogP contribution in [-0.2, 0) is 13.1 Å². The van der Waals surface area contributed by atoms with E-state index >= 15 is 0 Å². The average Bonchev–Trinajstić information content (AvgIpc) is 2.88. The second-order valence-electron chi connectivity index (χ2n) is 3.81. The van der Waals surface area contributed by atoms with Crippen LogP contribution in [0.2, 0.25) is 0 Å². The molecule has 0 bridgehead atoms. The molecule has 7 heteroatoms. The van der Waals surface area contributed by atoms with Crippen LogP contribution < -0.4 is 11.3 Å². The Hall–Kier alpha value is -1.02. The smallest absolute Gasteiger partial charge is 0.197 e. The molecule has 0 fully saturated rings. The number of nitrogens with two attached hydrogens (primary N) is 1. The molecule has 0 saturated heterocycles. The third-order valence-corrected chi connectivity index (χ3v) is 3.94. The highest BCUT2D eigenvalue weighted by Gasteiger charge is 2.07. The summed E-state index contributed by atoms with van der Waals surface area (Å²) in [7, 11) is 2.07. The van der Waals surface area contributed by atoms with E-state index in [-0.39, 0.29) is 0 Å². The molecular weight excluding hydrogens is 254 g/mol. The summed E-state index contributed by atoms with van der Waals surface area (Å²) in [5.74, 6) is 5.30. The molecule has 0 radical (unpaired) electrons. The zero-order chi connectivity index (χ0) is 12.3. The van der Waals surface area contributed by atoms with Gasteiger partial charge in [-0.2, -0.15) is 0 Å². The van der Waals surface area contributed by atoms with Gasteiger partial charge in [-0.3, -0.25) is 10.3 Å². The maximum absolute atomic E-state index is 5.30. The topological polar surface area (TPSA) is 67.1 Å². The fourth-order valence-corrected chi connectivity index (χ4v) is 2.93. The van der Waals surface area contributed by atoms with E-state index in [4.69, 9.17) is 5.84 Å². The van der Waals surface area contributed by atoms with E-state index in [1.165, 1.54) is 4.88 Å². The van der Waals surface area contributed by atoms with Gasteiger partial charge < -0.3 is 0 Å². The van der Waals surface area contributed by atoms with Crippen LogP contribution in [0.3, 0.4) is 0 Å². The Morgan fingerprint density at radius 1 is 1.47 bits per heavy atom. The van der Waals surface area contributed by atoms with Crippen molar-refractivity contribution in [3.63, 3.8) is 0 Å². The minimum atomic E-state index is 0.748. The van der Waals surface area contributed by atoms with Gasteiger partial charge in [0.1, 0.15) is 0 Å². The molecule has 0 saturated carbocycles. The van der Waals surface area contributed by atoms with Gasteiger partial charge in [0, 0.05) is 29.5 Å². The third kappa shape index (κ3) is 3.47. The zero-order valence-electron chi connectivity index (χ0n) is 9.80. The fourth-order valence-electron chi connectivity index (χ4n) is 1.53. The Labute approximate surface area is 108 Å². The van der Waals surface area contributed by atoms with Gasteiger partial charge >= 0.3 is 0 Å². The molecule has 0 unspecified atom stereocenters. The number of thiazole rings is 2. The lowest BCUT2D eigenvalue weighted by Crippen LogP contribution is -2.16. The van der Waals surface area contributed by atoms with Crippen molar-refractivity contribution in [1.82, 2.24) is 14.9 Å². The van der Waals surface area contributed by atoms with Crippen molar-refractivity contribution >= 4 is 27.8 Å². The summed E-state index contributed by atoms with van der Waals surface area (Å²) in [5, 5.41) is 3.96. The van der Waals surface area contributed by atoms with Crippen molar-refractivity contribution in [3.05, 3.63) is 27.2 Å². The lowest BCUT2D eigenvalue weighted by atomic mass is 10.4. The standard InChI is InChI=1S/C10H15N5S2/c1-7-13-8(6-16-7)4-15(2)5-9-3-12-10(14-11)17-9/h3,6H,4-5,11H2,1-2H3,(H,12,14). The maximum Gasteiger partial charge on any atom is 0.197 e. The molecule has 2 heterocycles. The molecule has 0 amide bonds. The van der Waals surface area contributed by atoms with E-state index in [1.54, 1.807) is 22.7 Å². The molecule has 0 atom stereocenters. The molecule has 0 spiro atoms. The average molecular weight is 269 g/mol. The summed E-state index contributed by atoms with van der Waals surface area (Å²) < 4.78 is 0. The first kappa shape index (κ1) is 12.4. The van der Waals surface area contributed by atoms with Crippen LogP contribution in [0.25, 0.3) is 0 Å². The van der Waals surface area contributed by atoms with Gasteiger partial charge in [-0.25, -0.2) is 15.8 Å². The first-order valence-corrected chi connectivity index (χ1v) is 6.88. The summed E-state index contributed by atoms with van der Waals surface area (Å²) in [6.07, 6.45) is 1.85. The van der Waals surface area contributed by atoms with E-state index in [0.717, 1.165) is 28.9 Å². The summed E-state index contributed by atoms with van der Waals surface area (Å²) in [4.78, 5) is 12.0. The number of nitrogen functional groups attached to an aromatic ring is 1. The molecule has 5 nitrogen and oxygen atoms in total. The van der Waals surface area contributed by atoms with Crippen LogP contribution in [0.5, 0.6) is 0 Å². The van der Waals surface area contributed by atoms with Crippen molar-refractivity contribution in [3.8, 4) is 0 Å². The second kappa shape index (κ2) is 5.54. The molecule has 0 aliphatic carbocycles. The van der Waals surface area contributed by atoms with Gasteiger partial charge in [0.2, 0.25) is 0 Å². The highest BCUT2D eigenvalue weighted by Crippen LogP contribution is 2.19. The number of hydrogen-bond acceptors (Lipinski definition) is 7. The van der Waals surface area contributed by atoms with Gasteiger partial charge in [0.05, 0.1) is 10.7 Å². The van der Waals surface area contributed by atoms with E-state index in [9.17, 15) is 0 Å². The first-order valence-electron chi connectivity index (χ1n) is 5.18. The van der Waals surface area contributed by atoms with Crippen LogP contribution in [-0.4, -0.2) is 21.9 Å². The van der Waals surface area contributed by atoms with E-state index in [0.29, 0.717) is 0 Å². The lowest BCUT2D eigenvalue weighted by molar-refractivity contribution is 0.318. The molecule has 0 aliphatic rings. The van der Waals surface area contributed by atoms with Crippen LogP contribution in [0.15, 0.2) is 11.6 Å². The molecule has 0 aliphatic heterocycles. The summed E-state index contributed by atoms with van der Waals surface area (Å²) in [6, 6.07) is 0. The third-order valence-electron chi connectivity index (χ3n) is 2.20. The Morgan fingerprint density at radius 2 is 2.29 bits per heavy atom. The molecule has 17 heavy (non-hydrogen) atoms. The van der Waals surface area contributed by atoms with Crippen molar-refractivity contribution in [2.24, 2.45) is 5.84 Å². The highest BCUT2D eigenvalue weighted by molar-refractivity contribution is 7.15. The van der Waals surface area contributed by atoms with Crippen molar-refractivity contribution in [2.45, 2.75) is 20.0 Å². The van der Waals surface area contributed by atoms with Crippen LogP contribution in [0, 0.1) is 6.92 Å². The van der Waals surface area contributed by atoms with Gasteiger partial charge in [-0.1, -0.05) is 11.3 Å². The number of nitrogens with one attached hydrogen (secondary N) is 1. The number of aromatic nitrogens is 2. The molecule has 3 N–H and O–H groups in total. The summed E-state index contributed by atoms with van der Waals surface area (Å²) in [5.41, 5.74) is 3.67. The predicted molar refractivity (Wildman–Crippen MR) is 71.9 cm³/mol. The minimum Gasteiger partial charge on any atom is -0.300 e. The normalized spacial score (nSPS) is 11.1. The fraction of sp³-hybridized carbons (Fsp3) is 0.400. The molecule has 2 rings (SSSR count). The number of hydrazine groups is 1. The van der Waals surface area contributed by atoms with E-state index in [1.807, 2.05) is 13.1 Å². The van der Waals surface area contributed by atoms with Gasteiger partial charge in [-0.05, 0) is 14.0 Å². The first-order chi connectivity index (χ1) is 8.17. The van der Waals surface area contributed by atoms with E-state index in [2.05, 4.69) is 32.7 Å². The number of anilines is 1. The van der Waals surface area contributed by atoms with Crippen LogP contribution in [0.1, 0.15) is 15.6 Å². The zero-order valence-corrected chi connectivity index (χ0v) is 11.4. The highest BCUT2D eigenvalue weighted by atomic mass is 32.1. The Bertz CT molecular complexity index is 479. The van der Waals surface area contributed by atoms with Crippen molar-refractivity contribution < 1.29 is 0 Å². The molecule has 2 aromatic rings. The second-order valence-corrected chi connectivity index (χ2v) is 5.98. The number of hydrogen-bond donors (Lipinski definition) is 2. The predicted octanol–water partition coefficient (Wildman–Crippen LogP) is 1.83. The van der Waals surface area contributed by atoms with Gasteiger partial charge in [0.25, 0.3) is 0 Å². The Morgan fingerprint density at radius 3 is 2.88 bits per heavy atom. The van der Waals surface area contributed by atoms with E-state index < -0.39 is 0 Å². The Kier molecular flexibility index (Phi) is 4.06. The minimum absolute atomic E-state index is 0.748. The van der Waals surface area contributed by atoms with Gasteiger partial charge in [-0.15, -0.1) is 11.3 Å². The van der Waals surface area contributed by atoms with Gasteiger partial charge in [0.15, 0.2) is 5.13 Å².